The molecule has 3 rings (SSSR count). The van der Waals surface area contributed by atoms with E-state index in [1.54, 1.807) is 14.2 Å². The van der Waals surface area contributed by atoms with Gasteiger partial charge in [-0.15, -0.1) is 24.0 Å². The third-order valence-corrected chi connectivity index (χ3v) is 4.73. The Hall–Kier alpha value is -2.21. The quantitative estimate of drug-likeness (QED) is 0.268. The molecule has 0 spiro atoms. The van der Waals surface area contributed by atoms with Crippen molar-refractivity contribution in [2.45, 2.75) is 38.5 Å². The Labute approximate surface area is 194 Å². The summed E-state index contributed by atoms with van der Waals surface area (Å²) in [4.78, 5) is 20.8. The van der Waals surface area contributed by atoms with Crippen molar-refractivity contribution in [3.05, 3.63) is 47.5 Å². The molecule has 1 aliphatic rings. The maximum absolute atomic E-state index is 12.1. The van der Waals surface area contributed by atoms with Gasteiger partial charge in [0.15, 0.2) is 11.8 Å². The normalized spacial score (nSPS) is 15.7. The Bertz CT molecular complexity index is 826. The second kappa shape index (κ2) is 12.5. The molecule has 2 aromatic rings. The fraction of sp³-hybridized carbons (Fsp3) is 0.500. The van der Waals surface area contributed by atoms with Gasteiger partial charge in [-0.1, -0.05) is 30.3 Å². The van der Waals surface area contributed by atoms with Crippen LogP contribution in [0.5, 0.6) is 0 Å². The summed E-state index contributed by atoms with van der Waals surface area (Å²) < 4.78 is 7.02. The molecule has 1 amide bonds. The lowest BCUT2D eigenvalue weighted by Crippen LogP contribution is -2.49. The van der Waals surface area contributed by atoms with Gasteiger partial charge in [0, 0.05) is 33.2 Å². The molecule has 164 valence electrons. The number of benzene rings is 1. The third-order valence-electron chi connectivity index (χ3n) is 4.73. The molecule has 1 aliphatic heterocycles. The number of hydrogen-bond donors (Lipinski definition) is 3. The second-order valence-electron chi connectivity index (χ2n) is 6.95. The van der Waals surface area contributed by atoms with E-state index >= 15 is 0 Å². The van der Waals surface area contributed by atoms with E-state index in [0.29, 0.717) is 31.5 Å². The van der Waals surface area contributed by atoms with E-state index in [4.69, 9.17) is 4.74 Å². The van der Waals surface area contributed by atoms with Gasteiger partial charge in [0.25, 0.3) is 0 Å². The highest BCUT2D eigenvalue weighted by molar-refractivity contribution is 14.0. The van der Waals surface area contributed by atoms with Crippen LogP contribution >= 0.6 is 24.0 Å². The van der Waals surface area contributed by atoms with Crippen molar-refractivity contribution in [1.29, 1.82) is 0 Å². The lowest BCUT2D eigenvalue weighted by Gasteiger charge is -2.25. The van der Waals surface area contributed by atoms with Gasteiger partial charge in [-0.05, 0) is 18.4 Å². The number of hydrogen-bond acceptors (Lipinski definition) is 5. The van der Waals surface area contributed by atoms with Crippen LogP contribution in [-0.2, 0) is 35.5 Å². The van der Waals surface area contributed by atoms with Gasteiger partial charge in [-0.2, -0.15) is 5.10 Å². The second-order valence-corrected chi connectivity index (χ2v) is 6.95. The minimum Gasteiger partial charge on any atom is -0.377 e. The van der Waals surface area contributed by atoms with E-state index in [2.05, 4.69) is 43.2 Å². The van der Waals surface area contributed by atoms with Crippen molar-refractivity contribution >= 4 is 35.8 Å². The molecule has 1 unspecified atom stereocenters. The Morgan fingerprint density at radius 3 is 2.83 bits per heavy atom. The number of amides is 1. The summed E-state index contributed by atoms with van der Waals surface area (Å²) >= 11 is 0. The van der Waals surface area contributed by atoms with Crippen LogP contribution in [0.1, 0.15) is 23.6 Å². The van der Waals surface area contributed by atoms with Crippen LogP contribution in [0.15, 0.2) is 35.3 Å². The summed E-state index contributed by atoms with van der Waals surface area (Å²) in [7, 11) is 3.33. The first kappa shape index (κ1) is 24.1. The number of nitrogens with one attached hydrogen (secondary N) is 3. The zero-order valence-electron chi connectivity index (χ0n) is 17.4. The van der Waals surface area contributed by atoms with Crippen LogP contribution in [0.25, 0.3) is 0 Å². The van der Waals surface area contributed by atoms with Gasteiger partial charge < -0.3 is 20.7 Å². The highest BCUT2D eigenvalue weighted by atomic mass is 127. The molecule has 3 N–H and O–H groups in total. The van der Waals surface area contributed by atoms with Gasteiger partial charge in [-0.25, -0.2) is 9.67 Å². The first-order chi connectivity index (χ1) is 14.2. The number of aryl methyl sites for hydroxylation is 1. The van der Waals surface area contributed by atoms with Crippen LogP contribution in [-0.4, -0.2) is 59.9 Å². The number of nitrogens with zero attached hydrogens (tertiary/aromatic N) is 4. The van der Waals surface area contributed by atoms with Crippen LogP contribution < -0.4 is 16.0 Å². The van der Waals surface area contributed by atoms with Crippen molar-refractivity contribution in [3.63, 3.8) is 0 Å². The minimum absolute atomic E-state index is 0. The Balaban J connectivity index is 0.00000320. The van der Waals surface area contributed by atoms with Gasteiger partial charge >= 0.3 is 0 Å². The van der Waals surface area contributed by atoms with Gasteiger partial charge in [0.1, 0.15) is 12.4 Å². The minimum atomic E-state index is -0.0599. The summed E-state index contributed by atoms with van der Waals surface area (Å²) in [5, 5.41) is 13.8. The molecule has 0 saturated carbocycles. The van der Waals surface area contributed by atoms with Gasteiger partial charge in [0.2, 0.25) is 5.91 Å². The highest BCUT2D eigenvalue weighted by Crippen LogP contribution is 2.13. The number of methoxy groups -OCH3 is 1. The molecule has 1 aromatic carbocycles. The van der Waals surface area contributed by atoms with Crippen molar-refractivity contribution < 1.29 is 9.53 Å². The zero-order valence-corrected chi connectivity index (χ0v) is 19.8. The number of ether oxygens (including phenoxy) is 1. The summed E-state index contributed by atoms with van der Waals surface area (Å²) in [5.74, 6) is 2.23. The number of fused-ring (bicyclic) bond motifs is 1. The predicted molar refractivity (Wildman–Crippen MR) is 126 cm³/mol. The number of guanidine groups is 1. The number of carbonyl (C=O) groups excluding carboxylic acids is 1. The summed E-state index contributed by atoms with van der Waals surface area (Å²) in [5.41, 5.74) is 1.21. The lowest BCUT2D eigenvalue weighted by atomic mass is 10.1. The summed E-state index contributed by atoms with van der Waals surface area (Å²) in [6.45, 7) is 1.91. The molecule has 0 radical (unpaired) electrons. The van der Waals surface area contributed by atoms with Crippen molar-refractivity contribution in [1.82, 2.24) is 30.7 Å². The molecule has 30 heavy (non-hydrogen) atoms. The number of carbonyl (C=O) groups is 1. The fourth-order valence-electron chi connectivity index (χ4n) is 3.27. The smallest absolute Gasteiger partial charge is 0.239 e. The summed E-state index contributed by atoms with van der Waals surface area (Å²) in [6.07, 6.45) is 2.58. The molecule has 0 saturated heterocycles. The average molecular weight is 527 g/mol. The largest absolute Gasteiger partial charge is 0.377 e. The molecular formula is C20H30IN7O2. The van der Waals surface area contributed by atoms with E-state index in [1.165, 1.54) is 5.56 Å². The molecule has 2 heterocycles. The molecule has 0 fully saturated rings. The Kier molecular flexibility index (Phi) is 10.0. The van der Waals surface area contributed by atoms with Crippen molar-refractivity contribution in [2.75, 3.05) is 27.2 Å². The van der Waals surface area contributed by atoms with Crippen molar-refractivity contribution in [2.24, 2.45) is 4.99 Å². The molecule has 1 aromatic heterocycles. The monoisotopic (exact) mass is 527 g/mol. The molecule has 1 atom stereocenters. The van der Waals surface area contributed by atoms with Crippen LogP contribution in [0.3, 0.4) is 0 Å². The number of aromatic nitrogens is 3. The topological polar surface area (TPSA) is 105 Å². The average Bonchev–Trinajstić information content (AvgIpc) is 3.14. The van der Waals surface area contributed by atoms with E-state index < -0.39 is 0 Å². The molecule has 0 bridgehead atoms. The maximum atomic E-state index is 12.1. The van der Waals surface area contributed by atoms with E-state index in [1.807, 2.05) is 22.9 Å². The van der Waals surface area contributed by atoms with Crippen molar-refractivity contribution in [3.8, 4) is 0 Å². The van der Waals surface area contributed by atoms with Crippen LogP contribution in [0, 0.1) is 0 Å². The first-order valence-electron chi connectivity index (χ1n) is 9.87. The number of aliphatic imine (C=N–C) groups is 1. The first-order valence-corrected chi connectivity index (χ1v) is 9.87. The molecule has 10 heteroatoms. The lowest BCUT2D eigenvalue weighted by molar-refractivity contribution is -0.119. The third kappa shape index (κ3) is 7.24. The number of halogens is 1. The Morgan fingerprint density at radius 1 is 1.30 bits per heavy atom. The zero-order chi connectivity index (χ0) is 20.5. The van der Waals surface area contributed by atoms with Crippen LogP contribution in [0.4, 0.5) is 0 Å². The van der Waals surface area contributed by atoms with Gasteiger partial charge in [0.05, 0.1) is 13.1 Å². The maximum Gasteiger partial charge on any atom is 0.239 e. The number of rotatable bonds is 8. The molecule has 0 aliphatic carbocycles. The standard InChI is InChI=1S/C20H29N7O2.HI/c1-21-20(23-12-19(28)22-11-10-15-6-4-3-5-7-15)24-16-8-9-18-25-17(14-29-2)26-27(18)13-16;/h3-7,16H,8-14H2,1-2H3,(H,22,28)(H2,21,23,24);1H. The molecular weight excluding hydrogens is 497 g/mol. The highest BCUT2D eigenvalue weighted by Gasteiger charge is 2.22. The fourth-order valence-corrected chi connectivity index (χ4v) is 3.27. The van der Waals surface area contributed by atoms with Crippen LogP contribution in [0.2, 0.25) is 0 Å². The SMILES string of the molecule is CN=C(NCC(=O)NCCc1ccccc1)NC1CCc2nc(COC)nn2C1.I. The summed E-state index contributed by atoms with van der Waals surface area (Å²) in [6, 6.07) is 10.3. The van der Waals surface area contributed by atoms with E-state index in [-0.39, 0.29) is 42.5 Å². The molecule has 9 nitrogen and oxygen atoms in total. The predicted octanol–water partition coefficient (Wildman–Crippen LogP) is 0.881. The Morgan fingerprint density at radius 2 is 2.10 bits per heavy atom. The van der Waals surface area contributed by atoms with E-state index in [9.17, 15) is 4.79 Å². The van der Waals surface area contributed by atoms with E-state index in [0.717, 1.165) is 25.1 Å². The van der Waals surface area contributed by atoms with Gasteiger partial charge in [-0.3, -0.25) is 9.79 Å².